The van der Waals surface area contributed by atoms with Crippen LogP contribution in [0.25, 0.3) is 5.52 Å². The molecule has 3 aromatic rings. The summed E-state index contributed by atoms with van der Waals surface area (Å²) in [7, 11) is 0. The van der Waals surface area contributed by atoms with Crippen molar-refractivity contribution in [1.29, 1.82) is 0 Å². The average Bonchev–Trinajstić information content (AvgIpc) is 3.01. The van der Waals surface area contributed by atoms with E-state index in [1.54, 1.807) is 0 Å². The SMILES string of the molecule is CSc1nc(C(=O)NC(CCO)c2ccccc2)c2ccccn12. The van der Waals surface area contributed by atoms with Crippen molar-refractivity contribution in [2.75, 3.05) is 12.9 Å². The van der Waals surface area contributed by atoms with E-state index >= 15 is 0 Å². The monoisotopic (exact) mass is 341 g/mol. The summed E-state index contributed by atoms with van der Waals surface area (Å²) in [4.78, 5) is 17.2. The topological polar surface area (TPSA) is 66.6 Å². The fourth-order valence-corrected chi connectivity index (χ4v) is 3.22. The molecule has 124 valence electrons. The highest BCUT2D eigenvalue weighted by molar-refractivity contribution is 7.98. The van der Waals surface area contributed by atoms with Gasteiger partial charge in [-0.15, -0.1) is 0 Å². The number of aromatic nitrogens is 2. The first-order valence-corrected chi connectivity index (χ1v) is 8.95. The van der Waals surface area contributed by atoms with E-state index in [-0.39, 0.29) is 18.6 Å². The summed E-state index contributed by atoms with van der Waals surface area (Å²) in [5.41, 5.74) is 2.14. The van der Waals surface area contributed by atoms with Crippen LogP contribution in [-0.4, -0.2) is 33.3 Å². The Morgan fingerprint density at radius 2 is 2.00 bits per heavy atom. The summed E-state index contributed by atoms with van der Waals surface area (Å²) in [5, 5.41) is 13.1. The second-order valence-electron chi connectivity index (χ2n) is 5.35. The predicted octanol–water partition coefficient (Wildman–Crippen LogP) is 2.91. The molecule has 2 N–H and O–H groups in total. The number of thioether (sulfide) groups is 1. The highest BCUT2D eigenvalue weighted by atomic mass is 32.2. The van der Waals surface area contributed by atoms with Crippen LogP contribution in [-0.2, 0) is 0 Å². The minimum Gasteiger partial charge on any atom is -0.396 e. The van der Waals surface area contributed by atoms with Gasteiger partial charge in [0.1, 0.15) is 0 Å². The van der Waals surface area contributed by atoms with Gasteiger partial charge in [0.15, 0.2) is 10.9 Å². The highest BCUT2D eigenvalue weighted by Crippen LogP contribution is 2.22. The van der Waals surface area contributed by atoms with Crippen molar-refractivity contribution in [1.82, 2.24) is 14.7 Å². The molecule has 0 saturated heterocycles. The third kappa shape index (κ3) is 3.29. The zero-order chi connectivity index (χ0) is 16.9. The molecule has 3 rings (SSSR count). The largest absolute Gasteiger partial charge is 0.396 e. The molecule has 1 atom stereocenters. The summed E-state index contributed by atoms with van der Waals surface area (Å²) in [6.07, 6.45) is 4.28. The van der Waals surface area contributed by atoms with Gasteiger partial charge in [-0.25, -0.2) is 4.98 Å². The van der Waals surface area contributed by atoms with Crippen LogP contribution in [0.5, 0.6) is 0 Å². The Labute approximate surface area is 144 Å². The third-order valence-corrected chi connectivity index (χ3v) is 4.49. The fourth-order valence-electron chi connectivity index (χ4n) is 2.68. The minimum absolute atomic E-state index is 0.000158. The number of pyridine rings is 1. The quantitative estimate of drug-likeness (QED) is 0.677. The Balaban J connectivity index is 1.91. The minimum atomic E-state index is -0.248. The fraction of sp³-hybridized carbons (Fsp3) is 0.222. The van der Waals surface area contributed by atoms with Crippen molar-refractivity contribution >= 4 is 23.2 Å². The van der Waals surface area contributed by atoms with Crippen molar-refractivity contribution in [3.8, 4) is 0 Å². The van der Waals surface area contributed by atoms with Crippen molar-refractivity contribution in [3.63, 3.8) is 0 Å². The lowest BCUT2D eigenvalue weighted by Gasteiger charge is -2.17. The van der Waals surface area contributed by atoms with Crippen LogP contribution < -0.4 is 5.32 Å². The van der Waals surface area contributed by atoms with E-state index in [1.165, 1.54) is 11.8 Å². The first-order chi connectivity index (χ1) is 11.7. The second kappa shape index (κ2) is 7.51. The Morgan fingerprint density at radius 3 is 2.71 bits per heavy atom. The summed E-state index contributed by atoms with van der Waals surface area (Å²) in [5.74, 6) is -0.235. The van der Waals surface area contributed by atoms with Crippen LogP contribution >= 0.6 is 11.8 Å². The summed E-state index contributed by atoms with van der Waals surface area (Å²) >= 11 is 1.49. The Morgan fingerprint density at radius 1 is 1.25 bits per heavy atom. The average molecular weight is 341 g/mol. The third-order valence-electron chi connectivity index (χ3n) is 3.84. The molecule has 0 aliphatic heterocycles. The van der Waals surface area contributed by atoms with Gasteiger partial charge in [0.2, 0.25) is 0 Å². The summed E-state index contributed by atoms with van der Waals surface area (Å²) in [6.45, 7) is -0.000158. The molecule has 0 spiro atoms. The second-order valence-corrected chi connectivity index (χ2v) is 6.13. The maximum atomic E-state index is 12.8. The van der Waals surface area contributed by atoms with E-state index in [0.29, 0.717) is 12.1 Å². The lowest BCUT2D eigenvalue weighted by molar-refractivity contribution is 0.0926. The van der Waals surface area contributed by atoms with Gasteiger partial charge in [-0.1, -0.05) is 48.2 Å². The molecular weight excluding hydrogens is 322 g/mol. The molecular formula is C18H19N3O2S. The van der Waals surface area contributed by atoms with Gasteiger partial charge in [-0.05, 0) is 30.4 Å². The molecule has 0 aliphatic carbocycles. The van der Waals surface area contributed by atoms with Gasteiger partial charge < -0.3 is 10.4 Å². The Hall–Kier alpha value is -2.31. The van der Waals surface area contributed by atoms with Gasteiger partial charge in [-0.2, -0.15) is 0 Å². The van der Waals surface area contributed by atoms with Crippen LogP contribution in [0.1, 0.15) is 28.5 Å². The number of amides is 1. The molecule has 2 heterocycles. The number of imidazole rings is 1. The van der Waals surface area contributed by atoms with Crippen LogP contribution in [0.3, 0.4) is 0 Å². The lowest BCUT2D eigenvalue weighted by Crippen LogP contribution is -2.29. The maximum absolute atomic E-state index is 12.8. The van der Waals surface area contributed by atoms with E-state index in [4.69, 9.17) is 0 Å². The predicted molar refractivity (Wildman–Crippen MR) is 95.3 cm³/mol. The van der Waals surface area contributed by atoms with Gasteiger partial charge >= 0.3 is 0 Å². The Kier molecular flexibility index (Phi) is 5.17. The molecule has 1 aromatic carbocycles. The lowest BCUT2D eigenvalue weighted by atomic mass is 10.0. The van der Waals surface area contributed by atoms with E-state index in [1.807, 2.05) is 65.4 Å². The molecule has 0 aliphatic rings. The van der Waals surface area contributed by atoms with E-state index in [9.17, 15) is 9.90 Å². The Bertz CT molecular complexity index is 833. The molecule has 2 aromatic heterocycles. The smallest absolute Gasteiger partial charge is 0.272 e. The molecule has 24 heavy (non-hydrogen) atoms. The zero-order valence-electron chi connectivity index (χ0n) is 13.3. The van der Waals surface area contributed by atoms with E-state index in [0.717, 1.165) is 16.2 Å². The van der Waals surface area contributed by atoms with Crippen molar-refractivity contribution in [2.24, 2.45) is 0 Å². The number of nitrogens with one attached hydrogen (secondary N) is 1. The van der Waals surface area contributed by atoms with Crippen LogP contribution in [0.4, 0.5) is 0 Å². The van der Waals surface area contributed by atoms with Gasteiger partial charge in [0.05, 0.1) is 11.6 Å². The van der Waals surface area contributed by atoms with Gasteiger partial charge in [0, 0.05) is 12.8 Å². The summed E-state index contributed by atoms with van der Waals surface area (Å²) in [6, 6.07) is 15.1. The van der Waals surface area contributed by atoms with Crippen LogP contribution in [0, 0.1) is 0 Å². The molecule has 1 amide bonds. The molecule has 0 radical (unpaired) electrons. The maximum Gasteiger partial charge on any atom is 0.272 e. The molecule has 0 fully saturated rings. The summed E-state index contributed by atoms with van der Waals surface area (Å²) < 4.78 is 1.91. The number of hydrogen-bond acceptors (Lipinski definition) is 4. The highest BCUT2D eigenvalue weighted by Gasteiger charge is 2.20. The van der Waals surface area contributed by atoms with Crippen molar-refractivity contribution in [2.45, 2.75) is 17.6 Å². The number of nitrogens with zero attached hydrogens (tertiary/aromatic N) is 2. The number of aliphatic hydroxyl groups is 1. The normalized spacial score (nSPS) is 12.2. The zero-order valence-corrected chi connectivity index (χ0v) is 14.2. The molecule has 5 nitrogen and oxygen atoms in total. The van der Waals surface area contributed by atoms with Crippen LogP contribution in [0.2, 0.25) is 0 Å². The standard InChI is InChI=1S/C18H19N3O2S/c1-24-18-20-16(15-9-5-6-11-21(15)18)17(23)19-14(10-12-22)13-7-3-2-4-8-13/h2-9,11,14,22H,10,12H2,1H3,(H,19,23). The van der Waals surface area contributed by atoms with Gasteiger partial charge in [-0.3, -0.25) is 9.20 Å². The number of fused-ring (bicyclic) bond motifs is 1. The number of rotatable bonds is 6. The number of benzene rings is 1. The molecule has 0 bridgehead atoms. The number of carbonyl (C=O) groups excluding carboxylic acids is 1. The van der Waals surface area contributed by atoms with Crippen LogP contribution in [0.15, 0.2) is 59.9 Å². The van der Waals surface area contributed by atoms with Gasteiger partial charge in [0.25, 0.3) is 5.91 Å². The van der Waals surface area contributed by atoms with Crippen molar-refractivity contribution < 1.29 is 9.90 Å². The molecule has 1 unspecified atom stereocenters. The van der Waals surface area contributed by atoms with E-state index in [2.05, 4.69) is 10.3 Å². The van der Waals surface area contributed by atoms with E-state index < -0.39 is 0 Å². The number of carbonyl (C=O) groups is 1. The number of hydrogen-bond donors (Lipinski definition) is 2. The van der Waals surface area contributed by atoms with Crippen molar-refractivity contribution in [3.05, 3.63) is 66.0 Å². The molecule has 0 saturated carbocycles. The molecule has 6 heteroatoms. The first-order valence-electron chi connectivity index (χ1n) is 7.72. The number of aliphatic hydroxyl groups excluding tert-OH is 1. The first kappa shape index (κ1) is 16.5.